The van der Waals surface area contributed by atoms with E-state index in [2.05, 4.69) is 52.5 Å². The lowest BCUT2D eigenvalue weighted by Gasteiger charge is -2.35. The summed E-state index contributed by atoms with van der Waals surface area (Å²) < 4.78 is 0. The summed E-state index contributed by atoms with van der Waals surface area (Å²) in [7, 11) is 1.99. The van der Waals surface area contributed by atoms with Gasteiger partial charge in [0.15, 0.2) is 0 Å². The lowest BCUT2D eigenvalue weighted by molar-refractivity contribution is -0.137. The summed E-state index contributed by atoms with van der Waals surface area (Å²) in [5.74, 6) is -0.125. The Morgan fingerprint density at radius 3 is 2.23 bits per heavy atom. The lowest BCUT2D eigenvalue weighted by atomic mass is 9.88. The second-order valence-electron chi connectivity index (χ2n) is 14.1. The van der Waals surface area contributed by atoms with Crippen molar-refractivity contribution in [3.63, 3.8) is 0 Å². The molecule has 48 heavy (non-hydrogen) atoms. The standard InChI is InChI=1S/C40H62N4O4/c1-6-7-9-20-33(21-10-8-11-24-37(46)47)28-34-22-15-19-32(4)39(34)41-36(45)29-43(5)25-16-27-44-26-13-12-23-35(44)40(48)42-38-30(2)17-14-18-31(38)3/h14-15,17-19,22,33,35H,6-13,16,20-21,23-29H2,1-5H3,(H,41,45)(H,42,48)(H,46,47)/t33?,35-/m1/s1. The third-order valence-electron chi connectivity index (χ3n) is 9.90. The SMILES string of the molecule is CCCCCC(CCCCCC(=O)O)Cc1cccc(C)c1NC(=O)CN(C)CCCN1CCCC[C@@H]1C(=O)Nc1c(C)cccc1C. The molecule has 3 rings (SSSR count). The smallest absolute Gasteiger partial charge is 0.303 e. The van der Waals surface area contributed by atoms with E-state index in [0.717, 1.165) is 112 Å². The van der Waals surface area contributed by atoms with Crippen molar-refractivity contribution >= 4 is 29.2 Å². The number of likely N-dealkylation sites (N-methyl/N-ethyl adjacent to an activating group) is 1. The van der Waals surface area contributed by atoms with Gasteiger partial charge < -0.3 is 15.7 Å². The monoisotopic (exact) mass is 662 g/mol. The number of unbranched alkanes of at least 4 members (excludes halogenated alkanes) is 4. The number of carboxylic acid groups (broad SMARTS) is 1. The van der Waals surface area contributed by atoms with E-state index >= 15 is 0 Å². The number of amides is 2. The number of hydrogen-bond acceptors (Lipinski definition) is 5. The highest BCUT2D eigenvalue weighted by atomic mass is 16.4. The summed E-state index contributed by atoms with van der Waals surface area (Å²) in [6.07, 6.45) is 13.7. The van der Waals surface area contributed by atoms with Crippen LogP contribution >= 0.6 is 0 Å². The largest absolute Gasteiger partial charge is 0.481 e. The molecule has 1 aliphatic rings. The minimum Gasteiger partial charge on any atom is -0.481 e. The Kier molecular flexibility index (Phi) is 17.1. The molecule has 266 valence electrons. The average molecular weight is 663 g/mol. The van der Waals surface area contributed by atoms with Crippen LogP contribution in [-0.2, 0) is 20.8 Å². The third-order valence-corrected chi connectivity index (χ3v) is 9.90. The van der Waals surface area contributed by atoms with E-state index in [9.17, 15) is 14.4 Å². The number of benzene rings is 2. The molecule has 8 nitrogen and oxygen atoms in total. The van der Waals surface area contributed by atoms with E-state index < -0.39 is 5.97 Å². The average Bonchev–Trinajstić information content (AvgIpc) is 3.04. The second-order valence-corrected chi connectivity index (χ2v) is 14.1. The number of nitrogens with one attached hydrogen (secondary N) is 2. The molecule has 1 heterocycles. The van der Waals surface area contributed by atoms with Crippen molar-refractivity contribution in [1.82, 2.24) is 9.80 Å². The molecule has 0 bridgehead atoms. The van der Waals surface area contributed by atoms with Gasteiger partial charge in [-0.1, -0.05) is 94.7 Å². The number of carbonyl (C=O) groups excluding carboxylic acids is 2. The van der Waals surface area contributed by atoms with Gasteiger partial charge >= 0.3 is 5.97 Å². The fourth-order valence-electron chi connectivity index (χ4n) is 7.13. The maximum atomic E-state index is 13.4. The summed E-state index contributed by atoms with van der Waals surface area (Å²) in [5, 5.41) is 15.4. The number of carboxylic acids is 1. The number of aryl methyl sites for hydroxylation is 3. The topological polar surface area (TPSA) is 102 Å². The van der Waals surface area contributed by atoms with Crippen LogP contribution in [0, 0.1) is 26.7 Å². The van der Waals surface area contributed by atoms with E-state index in [1.54, 1.807) is 0 Å². The number of rotatable bonds is 21. The van der Waals surface area contributed by atoms with Crippen LogP contribution in [0.25, 0.3) is 0 Å². The molecule has 1 saturated heterocycles. The van der Waals surface area contributed by atoms with Gasteiger partial charge in [-0.2, -0.15) is 0 Å². The van der Waals surface area contributed by atoms with Gasteiger partial charge in [-0.3, -0.25) is 24.2 Å². The van der Waals surface area contributed by atoms with E-state index in [4.69, 9.17) is 5.11 Å². The number of carbonyl (C=O) groups is 3. The van der Waals surface area contributed by atoms with Crippen molar-refractivity contribution in [1.29, 1.82) is 0 Å². The summed E-state index contributed by atoms with van der Waals surface area (Å²) in [4.78, 5) is 41.9. The molecular weight excluding hydrogens is 600 g/mol. The Labute approximate surface area is 290 Å². The Hall–Kier alpha value is -3.23. The molecule has 0 spiro atoms. The van der Waals surface area contributed by atoms with Crippen molar-refractivity contribution in [3.05, 3.63) is 58.7 Å². The molecule has 0 aromatic heterocycles. The summed E-state index contributed by atoms with van der Waals surface area (Å²) in [6.45, 7) is 11.2. The van der Waals surface area contributed by atoms with Crippen LogP contribution in [0.3, 0.4) is 0 Å². The van der Waals surface area contributed by atoms with Crippen LogP contribution in [0.4, 0.5) is 11.4 Å². The fraction of sp³-hybridized carbons (Fsp3) is 0.625. The molecule has 2 amide bonds. The Morgan fingerprint density at radius 1 is 0.875 bits per heavy atom. The Balaban J connectivity index is 1.51. The molecule has 2 atom stereocenters. The number of nitrogens with zero attached hydrogens (tertiary/aromatic N) is 2. The van der Waals surface area contributed by atoms with E-state index in [1.807, 2.05) is 39.1 Å². The van der Waals surface area contributed by atoms with Crippen LogP contribution in [0.15, 0.2) is 36.4 Å². The molecular formula is C40H62N4O4. The zero-order chi connectivity index (χ0) is 34.9. The maximum Gasteiger partial charge on any atom is 0.303 e. The zero-order valence-corrected chi connectivity index (χ0v) is 30.4. The number of hydrogen-bond donors (Lipinski definition) is 3. The number of para-hydroxylation sites is 2. The summed E-state index contributed by atoms with van der Waals surface area (Å²) in [6, 6.07) is 12.3. The van der Waals surface area contributed by atoms with E-state index in [1.165, 1.54) is 24.8 Å². The molecule has 0 saturated carbocycles. The maximum absolute atomic E-state index is 13.4. The predicted molar refractivity (Wildman–Crippen MR) is 198 cm³/mol. The Morgan fingerprint density at radius 2 is 1.54 bits per heavy atom. The first kappa shape index (κ1) is 39.2. The molecule has 2 aromatic rings. The molecule has 1 unspecified atom stereocenters. The van der Waals surface area contributed by atoms with Gasteiger partial charge in [0, 0.05) is 24.3 Å². The van der Waals surface area contributed by atoms with Gasteiger partial charge in [-0.15, -0.1) is 0 Å². The third kappa shape index (κ3) is 13.3. The van der Waals surface area contributed by atoms with Gasteiger partial charge in [0.2, 0.25) is 11.8 Å². The first-order chi connectivity index (χ1) is 23.1. The van der Waals surface area contributed by atoms with E-state index in [0.29, 0.717) is 12.5 Å². The van der Waals surface area contributed by atoms with Crippen molar-refractivity contribution in [2.24, 2.45) is 5.92 Å². The second kappa shape index (κ2) is 21.0. The minimum absolute atomic E-state index is 0.00641. The molecule has 3 N–H and O–H groups in total. The number of aliphatic carboxylic acids is 1. The van der Waals surface area contributed by atoms with Gasteiger partial charge in [-0.25, -0.2) is 0 Å². The molecule has 0 aliphatic carbocycles. The quantitative estimate of drug-likeness (QED) is 0.117. The van der Waals surface area contributed by atoms with Crippen molar-refractivity contribution in [3.8, 4) is 0 Å². The molecule has 0 radical (unpaired) electrons. The summed E-state index contributed by atoms with van der Waals surface area (Å²) >= 11 is 0. The molecule has 2 aromatic carbocycles. The van der Waals surface area contributed by atoms with Gasteiger partial charge in [0.05, 0.1) is 12.6 Å². The Bertz CT molecular complexity index is 1290. The zero-order valence-electron chi connectivity index (χ0n) is 30.4. The molecule has 1 fully saturated rings. The van der Waals surface area contributed by atoms with Crippen molar-refractivity contribution in [2.75, 3.05) is 43.9 Å². The van der Waals surface area contributed by atoms with Gasteiger partial charge in [-0.05, 0) is 101 Å². The minimum atomic E-state index is -0.718. The molecule has 1 aliphatic heterocycles. The first-order valence-electron chi connectivity index (χ1n) is 18.5. The van der Waals surface area contributed by atoms with Gasteiger partial charge in [0.25, 0.3) is 0 Å². The fourth-order valence-corrected chi connectivity index (χ4v) is 7.13. The normalized spacial score (nSPS) is 15.8. The van der Waals surface area contributed by atoms with Crippen molar-refractivity contribution < 1.29 is 19.5 Å². The highest BCUT2D eigenvalue weighted by molar-refractivity contribution is 5.96. The first-order valence-corrected chi connectivity index (χ1v) is 18.5. The van der Waals surface area contributed by atoms with Crippen molar-refractivity contribution in [2.45, 2.75) is 124 Å². The van der Waals surface area contributed by atoms with Crippen LogP contribution in [0.1, 0.15) is 113 Å². The van der Waals surface area contributed by atoms with E-state index in [-0.39, 0.29) is 24.3 Å². The lowest BCUT2D eigenvalue weighted by Crippen LogP contribution is -2.48. The van der Waals surface area contributed by atoms with Crippen LogP contribution in [0.5, 0.6) is 0 Å². The van der Waals surface area contributed by atoms with Gasteiger partial charge in [0.1, 0.15) is 0 Å². The predicted octanol–water partition coefficient (Wildman–Crippen LogP) is 8.14. The molecule has 8 heteroatoms. The number of likely N-dealkylation sites (tertiary alicyclic amines) is 1. The van der Waals surface area contributed by atoms with Crippen LogP contribution < -0.4 is 10.6 Å². The van der Waals surface area contributed by atoms with Crippen LogP contribution in [-0.4, -0.2) is 72.0 Å². The summed E-state index contributed by atoms with van der Waals surface area (Å²) in [5.41, 5.74) is 6.30. The number of anilines is 2. The van der Waals surface area contributed by atoms with Crippen LogP contribution in [0.2, 0.25) is 0 Å². The highest BCUT2D eigenvalue weighted by Gasteiger charge is 2.29. The highest BCUT2D eigenvalue weighted by Crippen LogP contribution is 2.29. The number of piperidine rings is 1.